The number of anilines is 1. The van der Waals surface area contributed by atoms with Crippen molar-refractivity contribution in [2.24, 2.45) is 7.05 Å². The molecule has 0 saturated heterocycles. The molecule has 1 aromatic carbocycles. The predicted octanol–water partition coefficient (Wildman–Crippen LogP) is 3.55. The molecule has 0 bridgehead atoms. The molecule has 0 fully saturated rings. The Morgan fingerprint density at radius 2 is 2.11 bits per heavy atom. The molecule has 5 heteroatoms. The van der Waals surface area contributed by atoms with Gasteiger partial charge in [-0.2, -0.15) is 5.10 Å². The Morgan fingerprint density at radius 1 is 1.39 bits per heavy atom. The number of nitrogens with one attached hydrogen (secondary N) is 1. The smallest absolute Gasteiger partial charge is 0.139 e. The molecular formula is C13H15BrFN3. The first-order chi connectivity index (χ1) is 8.49. The van der Waals surface area contributed by atoms with Crippen molar-refractivity contribution in [2.75, 3.05) is 5.32 Å². The van der Waals surface area contributed by atoms with E-state index < -0.39 is 0 Å². The van der Waals surface area contributed by atoms with Crippen LogP contribution in [0.5, 0.6) is 0 Å². The predicted molar refractivity (Wildman–Crippen MR) is 74.1 cm³/mol. The first kappa shape index (κ1) is 13.1. The molecule has 1 heterocycles. The lowest BCUT2D eigenvalue weighted by Crippen LogP contribution is -2.02. The molecule has 0 aliphatic rings. The largest absolute Gasteiger partial charge is 0.381 e. The first-order valence-corrected chi connectivity index (χ1v) is 6.46. The Morgan fingerprint density at radius 3 is 2.67 bits per heavy atom. The third-order valence-electron chi connectivity index (χ3n) is 3.05. The topological polar surface area (TPSA) is 29.9 Å². The van der Waals surface area contributed by atoms with Gasteiger partial charge in [0.05, 0.1) is 10.2 Å². The fourth-order valence-electron chi connectivity index (χ4n) is 1.87. The van der Waals surface area contributed by atoms with Gasteiger partial charge >= 0.3 is 0 Å². The number of aromatic nitrogens is 2. The van der Waals surface area contributed by atoms with Crippen LogP contribution in [0.15, 0.2) is 22.7 Å². The second-order valence-electron chi connectivity index (χ2n) is 4.26. The number of rotatable bonds is 3. The van der Waals surface area contributed by atoms with Crippen LogP contribution in [0, 0.1) is 19.7 Å². The molecule has 0 unspecified atom stereocenters. The van der Waals surface area contributed by atoms with Crippen molar-refractivity contribution in [1.29, 1.82) is 0 Å². The van der Waals surface area contributed by atoms with E-state index in [1.807, 2.05) is 31.6 Å². The molecule has 2 aromatic rings. The average molecular weight is 312 g/mol. The molecule has 0 aliphatic heterocycles. The Labute approximate surface area is 114 Å². The van der Waals surface area contributed by atoms with Gasteiger partial charge in [0, 0.05) is 30.5 Å². The van der Waals surface area contributed by atoms with Crippen LogP contribution in [0.3, 0.4) is 0 Å². The van der Waals surface area contributed by atoms with E-state index in [0.717, 1.165) is 22.6 Å². The molecule has 1 N–H and O–H groups in total. The fourth-order valence-corrected chi connectivity index (χ4v) is 2.12. The molecule has 0 amide bonds. The quantitative estimate of drug-likeness (QED) is 0.939. The molecule has 0 radical (unpaired) electrons. The third kappa shape index (κ3) is 2.56. The van der Waals surface area contributed by atoms with Crippen molar-refractivity contribution in [3.05, 3.63) is 45.4 Å². The van der Waals surface area contributed by atoms with E-state index in [4.69, 9.17) is 0 Å². The van der Waals surface area contributed by atoms with Gasteiger partial charge in [0.15, 0.2) is 0 Å². The minimum absolute atomic E-state index is 0.264. The van der Waals surface area contributed by atoms with Crippen molar-refractivity contribution < 1.29 is 4.39 Å². The van der Waals surface area contributed by atoms with Gasteiger partial charge < -0.3 is 5.32 Å². The molecule has 2 rings (SSSR count). The number of hydrogen-bond donors (Lipinski definition) is 1. The van der Waals surface area contributed by atoms with Crippen LogP contribution in [-0.4, -0.2) is 9.78 Å². The van der Waals surface area contributed by atoms with Crippen LogP contribution in [0.2, 0.25) is 0 Å². The minimum Gasteiger partial charge on any atom is -0.381 e. The summed E-state index contributed by atoms with van der Waals surface area (Å²) in [5.74, 6) is -0.264. The summed E-state index contributed by atoms with van der Waals surface area (Å²) in [6, 6.07) is 5.01. The number of halogens is 2. The molecule has 0 spiro atoms. The van der Waals surface area contributed by atoms with Crippen LogP contribution in [0.4, 0.5) is 10.1 Å². The summed E-state index contributed by atoms with van der Waals surface area (Å²) >= 11 is 3.14. The van der Waals surface area contributed by atoms with E-state index in [1.54, 1.807) is 6.07 Å². The van der Waals surface area contributed by atoms with Crippen molar-refractivity contribution in [3.63, 3.8) is 0 Å². The summed E-state index contributed by atoms with van der Waals surface area (Å²) in [6.07, 6.45) is 0. The second kappa shape index (κ2) is 5.10. The van der Waals surface area contributed by atoms with E-state index in [2.05, 4.69) is 26.3 Å². The van der Waals surface area contributed by atoms with Gasteiger partial charge in [-0.3, -0.25) is 4.68 Å². The summed E-state index contributed by atoms with van der Waals surface area (Å²) in [7, 11) is 1.92. The lowest BCUT2D eigenvalue weighted by molar-refractivity contribution is 0.621. The normalized spacial score (nSPS) is 10.7. The highest BCUT2D eigenvalue weighted by Gasteiger charge is 2.09. The summed E-state index contributed by atoms with van der Waals surface area (Å²) < 4.78 is 15.7. The number of nitrogens with zero attached hydrogens (tertiary/aromatic N) is 2. The van der Waals surface area contributed by atoms with Crippen LogP contribution in [0.1, 0.15) is 17.0 Å². The third-order valence-corrected chi connectivity index (χ3v) is 3.69. The molecule has 0 atom stereocenters. The zero-order valence-corrected chi connectivity index (χ0v) is 12.2. The number of hydrogen-bond acceptors (Lipinski definition) is 2. The van der Waals surface area contributed by atoms with Gasteiger partial charge in [-0.15, -0.1) is 0 Å². The monoisotopic (exact) mass is 311 g/mol. The van der Waals surface area contributed by atoms with Crippen LogP contribution in [-0.2, 0) is 13.6 Å². The van der Waals surface area contributed by atoms with E-state index in [-0.39, 0.29) is 5.82 Å². The molecular weight excluding hydrogens is 297 g/mol. The van der Waals surface area contributed by atoms with Crippen LogP contribution < -0.4 is 5.32 Å². The summed E-state index contributed by atoms with van der Waals surface area (Å²) in [6.45, 7) is 4.65. The zero-order valence-electron chi connectivity index (χ0n) is 10.6. The van der Waals surface area contributed by atoms with Gasteiger partial charge in [-0.1, -0.05) is 0 Å². The molecule has 96 valence electrons. The van der Waals surface area contributed by atoms with Gasteiger partial charge in [-0.25, -0.2) is 4.39 Å². The Hall–Kier alpha value is -1.36. The Kier molecular flexibility index (Phi) is 3.71. The maximum atomic E-state index is 13.4. The highest BCUT2D eigenvalue weighted by molar-refractivity contribution is 9.10. The lowest BCUT2D eigenvalue weighted by atomic mass is 10.2. The number of benzene rings is 1. The first-order valence-electron chi connectivity index (χ1n) is 5.67. The van der Waals surface area contributed by atoms with Crippen LogP contribution >= 0.6 is 15.9 Å². The van der Waals surface area contributed by atoms with Gasteiger partial charge in [0.2, 0.25) is 0 Å². The SMILES string of the molecule is Cc1nn(C)c(C)c1CNc1ccc(Br)c(F)c1. The van der Waals surface area contributed by atoms with Gasteiger partial charge in [0.25, 0.3) is 0 Å². The molecule has 0 saturated carbocycles. The summed E-state index contributed by atoms with van der Waals surface area (Å²) in [4.78, 5) is 0. The molecule has 0 aliphatic carbocycles. The highest BCUT2D eigenvalue weighted by atomic mass is 79.9. The summed E-state index contributed by atoms with van der Waals surface area (Å²) in [5.41, 5.74) is 4.04. The maximum absolute atomic E-state index is 13.4. The minimum atomic E-state index is -0.264. The van der Waals surface area contributed by atoms with Crippen LogP contribution in [0.25, 0.3) is 0 Å². The lowest BCUT2D eigenvalue weighted by Gasteiger charge is -2.07. The maximum Gasteiger partial charge on any atom is 0.139 e. The highest BCUT2D eigenvalue weighted by Crippen LogP contribution is 2.20. The number of aryl methyl sites for hydroxylation is 2. The average Bonchev–Trinajstić information content (AvgIpc) is 2.56. The second-order valence-corrected chi connectivity index (χ2v) is 5.11. The molecule has 1 aromatic heterocycles. The zero-order chi connectivity index (χ0) is 13.3. The van der Waals surface area contributed by atoms with Gasteiger partial charge in [0.1, 0.15) is 5.82 Å². The summed E-state index contributed by atoms with van der Waals surface area (Å²) in [5, 5.41) is 7.56. The Bertz CT molecular complexity index is 578. The fraction of sp³-hybridized carbons (Fsp3) is 0.308. The molecule has 3 nitrogen and oxygen atoms in total. The van der Waals surface area contributed by atoms with E-state index >= 15 is 0 Å². The van der Waals surface area contributed by atoms with Crippen molar-refractivity contribution >= 4 is 21.6 Å². The Balaban J connectivity index is 2.14. The van der Waals surface area contributed by atoms with E-state index in [0.29, 0.717) is 11.0 Å². The standard InChI is InChI=1S/C13H15BrFN3/c1-8-11(9(2)18(3)17-8)7-16-10-4-5-12(14)13(15)6-10/h4-6,16H,7H2,1-3H3. The van der Waals surface area contributed by atoms with Gasteiger partial charge in [-0.05, 0) is 48.0 Å². The van der Waals surface area contributed by atoms with E-state index in [1.165, 1.54) is 6.07 Å². The molecule has 18 heavy (non-hydrogen) atoms. The van der Waals surface area contributed by atoms with E-state index in [9.17, 15) is 4.39 Å². The van der Waals surface area contributed by atoms with Crippen molar-refractivity contribution in [3.8, 4) is 0 Å². The van der Waals surface area contributed by atoms with Crippen molar-refractivity contribution in [2.45, 2.75) is 20.4 Å². The van der Waals surface area contributed by atoms with Crippen molar-refractivity contribution in [1.82, 2.24) is 9.78 Å².